The molecule has 0 aromatic carbocycles. The van der Waals surface area contributed by atoms with E-state index in [1.165, 1.54) is 0 Å². The number of carbonyl (C=O) groups excluding carboxylic acids is 1. The summed E-state index contributed by atoms with van der Waals surface area (Å²) in [6, 6.07) is -0.292. The lowest BCUT2D eigenvalue weighted by atomic mass is 9.91. The lowest BCUT2D eigenvalue weighted by Crippen LogP contribution is -2.39. The molecule has 2 saturated carbocycles. The summed E-state index contributed by atoms with van der Waals surface area (Å²) in [6.45, 7) is 0. The first-order valence-corrected chi connectivity index (χ1v) is 6.95. The summed E-state index contributed by atoms with van der Waals surface area (Å²) in [6.07, 6.45) is 4.03. The first-order chi connectivity index (χ1) is 9.37. The molecule has 3 rings (SSSR count). The zero-order valence-electron chi connectivity index (χ0n) is 10.9. The van der Waals surface area contributed by atoms with Gasteiger partial charge in [0.1, 0.15) is 0 Å². The average molecular weight is 285 g/mol. The Balaban J connectivity index is 1.53. The number of hydrogen-bond donors (Lipinski definition) is 2. The Hall–Kier alpha value is -1.46. The van der Waals surface area contributed by atoms with Crippen molar-refractivity contribution in [1.29, 1.82) is 0 Å². The van der Waals surface area contributed by atoms with Gasteiger partial charge >= 0.3 is 5.97 Å². The highest BCUT2D eigenvalue weighted by molar-refractivity contribution is 5.83. The van der Waals surface area contributed by atoms with Gasteiger partial charge in [-0.25, -0.2) is 8.78 Å². The van der Waals surface area contributed by atoms with Gasteiger partial charge in [-0.05, 0) is 24.7 Å². The fourth-order valence-electron chi connectivity index (χ4n) is 3.64. The van der Waals surface area contributed by atoms with Gasteiger partial charge in [-0.3, -0.25) is 9.59 Å². The van der Waals surface area contributed by atoms with E-state index in [9.17, 15) is 18.4 Å². The third-order valence-electron chi connectivity index (χ3n) is 4.71. The smallest absolute Gasteiger partial charge is 0.306 e. The fourth-order valence-corrected chi connectivity index (χ4v) is 3.64. The van der Waals surface area contributed by atoms with E-state index in [0.717, 1.165) is 0 Å². The number of allylic oxidation sites excluding steroid dienone is 1. The number of aliphatic carboxylic acids is 1. The molecule has 0 radical (unpaired) electrons. The van der Waals surface area contributed by atoms with E-state index in [0.29, 0.717) is 12.8 Å². The van der Waals surface area contributed by atoms with Crippen LogP contribution in [0.3, 0.4) is 0 Å². The number of halogens is 2. The van der Waals surface area contributed by atoms with Crippen molar-refractivity contribution >= 4 is 11.9 Å². The lowest BCUT2D eigenvalue weighted by Gasteiger charge is -2.23. The van der Waals surface area contributed by atoms with Crippen LogP contribution < -0.4 is 5.32 Å². The average Bonchev–Trinajstić information content (AvgIpc) is 2.89. The van der Waals surface area contributed by atoms with E-state index < -0.39 is 17.8 Å². The minimum absolute atomic E-state index is 0.186. The Morgan fingerprint density at radius 2 is 1.90 bits per heavy atom. The second kappa shape index (κ2) is 4.53. The number of carbonyl (C=O) groups is 2. The minimum atomic E-state index is -2.61. The van der Waals surface area contributed by atoms with Crippen LogP contribution in [0.4, 0.5) is 8.78 Å². The topological polar surface area (TPSA) is 66.4 Å². The summed E-state index contributed by atoms with van der Waals surface area (Å²) >= 11 is 0. The summed E-state index contributed by atoms with van der Waals surface area (Å²) in [5.41, 5.74) is 0. The van der Waals surface area contributed by atoms with E-state index in [2.05, 4.69) is 5.32 Å². The van der Waals surface area contributed by atoms with Gasteiger partial charge in [-0.15, -0.1) is 0 Å². The third kappa shape index (κ3) is 2.43. The molecule has 2 N–H and O–H groups in total. The van der Waals surface area contributed by atoms with Gasteiger partial charge in [-0.2, -0.15) is 0 Å². The number of hydrogen-bond acceptors (Lipinski definition) is 2. The molecule has 5 atom stereocenters. The van der Waals surface area contributed by atoms with E-state index in [-0.39, 0.29) is 42.5 Å². The van der Waals surface area contributed by atoms with Crippen LogP contribution in [0, 0.1) is 23.7 Å². The lowest BCUT2D eigenvalue weighted by molar-refractivity contribution is -0.142. The van der Waals surface area contributed by atoms with Crippen molar-refractivity contribution in [3.8, 4) is 0 Å². The van der Waals surface area contributed by atoms with Crippen LogP contribution >= 0.6 is 0 Å². The van der Waals surface area contributed by atoms with Crippen LogP contribution in [0.15, 0.2) is 12.2 Å². The summed E-state index contributed by atoms with van der Waals surface area (Å²) in [5.74, 6) is -4.82. The zero-order valence-corrected chi connectivity index (χ0v) is 10.9. The molecule has 0 bridgehead atoms. The van der Waals surface area contributed by atoms with E-state index in [1.807, 2.05) is 0 Å². The monoisotopic (exact) mass is 285 g/mol. The van der Waals surface area contributed by atoms with Crippen LogP contribution in [0.2, 0.25) is 0 Å². The second-order valence-corrected chi connectivity index (χ2v) is 6.17. The molecule has 20 heavy (non-hydrogen) atoms. The van der Waals surface area contributed by atoms with E-state index in [1.54, 1.807) is 12.2 Å². The minimum Gasteiger partial charge on any atom is -0.481 e. The highest BCUT2D eigenvalue weighted by atomic mass is 19.3. The number of alkyl halides is 2. The van der Waals surface area contributed by atoms with Crippen molar-refractivity contribution < 1.29 is 23.5 Å². The summed E-state index contributed by atoms with van der Waals surface area (Å²) in [4.78, 5) is 23.0. The maximum atomic E-state index is 13.1. The van der Waals surface area contributed by atoms with Crippen LogP contribution in [0.25, 0.3) is 0 Å². The Kier molecular flexibility index (Phi) is 3.06. The summed E-state index contributed by atoms with van der Waals surface area (Å²) in [5, 5.41) is 11.8. The SMILES string of the molecule is O=C(N[C@@H]1C=CC[C@@H](C(=O)O)C1)C1[C@H]2CC(F)(F)C[C@@H]12. The molecule has 110 valence electrons. The molecule has 6 heteroatoms. The number of amides is 1. The summed E-state index contributed by atoms with van der Waals surface area (Å²) < 4.78 is 26.1. The van der Waals surface area contributed by atoms with Crippen molar-refractivity contribution in [1.82, 2.24) is 5.32 Å². The molecule has 2 fully saturated rings. The van der Waals surface area contributed by atoms with Crippen molar-refractivity contribution in [2.45, 2.75) is 37.6 Å². The van der Waals surface area contributed by atoms with Gasteiger partial charge in [0.05, 0.1) is 5.92 Å². The maximum Gasteiger partial charge on any atom is 0.306 e. The van der Waals surface area contributed by atoms with Crippen LogP contribution in [0.1, 0.15) is 25.7 Å². The standard InChI is InChI=1S/C14H17F2NO3/c15-14(16)5-9-10(6-14)11(9)12(18)17-8-3-1-2-7(4-8)13(19)20/h1,3,7-11H,2,4-6H2,(H,17,18)(H,19,20)/t7-,8-,9-,10+,11?/m1/s1. The molecule has 4 nitrogen and oxygen atoms in total. The predicted molar refractivity (Wildman–Crippen MR) is 66.1 cm³/mol. The first kappa shape index (κ1) is 13.5. The summed E-state index contributed by atoms with van der Waals surface area (Å²) in [7, 11) is 0. The van der Waals surface area contributed by atoms with Crippen molar-refractivity contribution in [3.05, 3.63) is 12.2 Å². The number of carboxylic acids is 1. The molecule has 0 aromatic rings. The normalized spacial score (nSPS) is 41.0. The number of nitrogens with one attached hydrogen (secondary N) is 1. The predicted octanol–water partition coefficient (Wildman–Crippen LogP) is 1.81. The molecular weight excluding hydrogens is 268 g/mol. The first-order valence-electron chi connectivity index (χ1n) is 6.95. The largest absolute Gasteiger partial charge is 0.481 e. The molecule has 0 aliphatic heterocycles. The zero-order chi connectivity index (χ0) is 14.5. The second-order valence-electron chi connectivity index (χ2n) is 6.17. The molecule has 0 spiro atoms. The molecule has 1 amide bonds. The van der Waals surface area contributed by atoms with Crippen molar-refractivity contribution in [2.24, 2.45) is 23.7 Å². The maximum absolute atomic E-state index is 13.1. The molecule has 3 aliphatic carbocycles. The Morgan fingerprint density at radius 1 is 1.25 bits per heavy atom. The van der Waals surface area contributed by atoms with Gasteiger partial charge in [0, 0.05) is 24.8 Å². The van der Waals surface area contributed by atoms with Gasteiger partial charge in [0.25, 0.3) is 0 Å². The highest BCUT2D eigenvalue weighted by Gasteiger charge is 2.65. The van der Waals surface area contributed by atoms with Gasteiger partial charge in [0.2, 0.25) is 11.8 Å². The quantitative estimate of drug-likeness (QED) is 0.777. The van der Waals surface area contributed by atoms with E-state index >= 15 is 0 Å². The van der Waals surface area contributed by atoms with Gasteiger partial charge in [0.15, 0.2) is 0 Å². The van der Waals surface area contributed by atoms with Crippen LogP contribution in [-0.2, 0) is 9.59 Å². The van der Waals surface area contributed by atoms with Crippen molar-refractivity contribution in [2.75, 3.05) is 0 Å². The molecular formula is C14H17F2NO3. The number of fused-ring (bicyclic) bond motifs is 1. The van der Waals surface area contributed by atoms with Crippen LogP contribution in [0.5, 0.6) is 0 Å². The Labute approximate surface area is 115 Å². The third-order valence-corrected chi connectivity index (χ3v) is 4.71. The molecule has 0 aromatic heterocycles. The molecule has 1 unspecified atom stereocenters. The Bertz CT molecular complexity index is 463. The Morgan fingerprint density at radius 3 is 2.50 bits per heavy atom. The van der Waals surface area contributed by atoms with Crippen molar-refractivity contribution in [3.63, 3.8) is 0 Å². The van der Waals surface area contributed by atoms with Gasteiger partial charge < -0.3 is 10.4 Å². The fraction of sp³-hybridized carbons (Fsp3) is 0.714. The van der Waals surface area contributed by atoms with Crippen LogP contribution in [-0.4, -0.2) is 28.9 Å². The van der Waals surface area contributed by atoms with E-state index in [4.69, 9.17) is 5.11 Å². The molecule has 3 aliphatic rings. The number of rotatable bonds is 3. The highest BCUT2D eigenvalue weighted by Crippen LogP contribution is 2.62. The number of carboxylic acid groups (broad SMARTS) is 1. The molecule has 0 heterocycles. The molecule has 0 saturated heterocycles. The van der Waals surface area contributed by atoms with Gasteiger partial charge in [-0.1, -0.05) is 12.2 Å².